The van der Waals surface area contributed by atoms with Crippen LogP contribution in [0, 0.1) is 0 Å². The Labute approximate surface area is 110 Å². The number of likely N-dealkylation sites (tertiary alicyclic amines) is 1. The highest BCUT2D eigenvalue weighted by molar-refractivity contribution is 7.98. The van der Waals surface area contributed by atoms with Gasteiger partial charge >= 0.3 is 0 Å². The van der Waals surface area contributed by atoms with Gasteiger partial charge in [0, 0.05) is 13.0 Å². The fourth-order valence-corrected chi connectivity index (χ4v) is 2.59. The topological polar surface area (TPSA) is 32.3 Å². The van der Waals surface area contributed by atoms with Crippen LogP contribution in [0.15, 0.2) is 0 Å². The zero-order chi connectivity index (χ0) is 12.3. The minimum atomic E-state index is 0.222. The molecule has 1 amide bonds. The van der Waals surface area contributed by atoms with Crippen molar-refractivity contribution in [3.05, 3.63) is 0 Å². The minimum absolute atomic E-state index is 0.222. The fourth-order valence-electron chi connectivity index (χ4n) is 2.16. The van der Waals surface area contributed by atoms with Crippen LogP contribution < -0.4 is 5.32 Å². The van der Waals surface area contributed by atoms with Crippen molar-refractivity contribution in [2.75, 3.05) is 38.2 Å². The first-order valence-corrected chi connectivity index (χ1v) is 8.20. The number of rotatable bonds is 9. The molecule has 0 spiro atoms. The van der Waals surface area contributed by atoms with Crippen LogP contribution in [0.1, 0.15) is 38.5 Å². The van der Waals surface area contributed by atoms with Crippen molar-refractivity contribution in [3.8, 4) is 0 Å². The Morgan fingerprint density at radius 1 is 1.24 bits per heavy atom. The van der Waals surface area contributed by atoms with Gasteiger partial charge in [0.2, 0.25) is 5.91 Å². The number of unbranched alkanes of at least 4 members (excludes halogenated alkanes) is 1. The number of nitrogens with one attached hydrogen (secondary N) is 1. The van der Waals surface area contributed by atoms with Gasteiger partial charge < -0.3 is 10.2 Å². The highest BCUT2D eigenvalue weighted by atomic mass is 32.2. The van der Waals surface area contributed by atoms with Gasteiger partial charge in [0.1, 0.15) is 0 Å². The first kappa shape index (κ1) is 14.8. The van der Waals surface area contributed by atoms with Crippen LogP contribution in [0.25, 0.3) is 0 Å². The number of hydrogen-bond acceptors (Lipinski definition) is 3. The van der Waals surface area contributed by atoms with E-state index in [0.717, 1.165) is 25.1 Å². The van der Waals surface area contributed by atoms with Gasteiger partial charge in [0.15, 0.2) is 0 Å². The molecule has 0 unspecified atom stereocenters. The maximum Gasteiger partial charge on any atom is 0.220 e. The highest BCUT2D eigenvalue weighted by Gasteiger charge is 2.10. The smallest absolute Gasteiger partial charge is 0.220 e. The maximum absolute atomic E-state index is 11.4. The molecule has 0 saturated carbocycles. The summed E-state index contributed by atoms with van der Waals surface area (Å²) < 4.78 is 0. The normalized spacial score (nSPS) is 16.3. The summed E-state index contributed by atoms with van der Waals surface area (Å²) in [6, 6.07) is 0. The molecule has 0 aromatic heterocycles. The third-order valence-corrected chi connectivity index (χ3v) is 3.87. The van der Waals surface area contributed by atoms with Gasteiger partial charge in [-0.15, -0.1) is 0 Å². The lowest BCUT2D eigenvalue weighted by Gasteiger charge is -2.13. The van der Waals surface area contributed by atoms with Gasteiger partial charge in [-0.3, -0.25) is 4.79 Å². The summed E-state index contributed by atoms with van der Waals surface area (Å²) in [5.41, 5.74) is 0. The highest BCUT2D eigenvalue weighted by Crippen LogP contribution is 2.07. The van der Waals surface area contributed by atoms with Crippen LogP contribution in [0.3, 0.4) is 0 Å². The average Bonchev–Trinajstić information content (AvgIpc) is 2.82. The van der Waals surface area contributed by atoms with Gasteiger partial charge in [0.25, 0.3) is 0 Å². The Balaban J connectivity index is 1.84. The molecule has 0 atom stereocenters. The molecule has 17 heavy (non-hydrogen) atoms. The quantitative estimate of drug-likeness (QED) is 0.643. The van der Waals surface area contributed by atoms with E-state index < -0.39 is 0 Å². The van der Waals surface area contributed by atoms with Crippen molar-refractivity contribution in [1.82, 2.24) is 10.2 Å². The number of carbonyl (C=O) groups is 1. The molecule has 1 saturated heterocycles. The lowest BCUT2D eigenvalue weighted by Crippen LogP contribution is -2.26. The summed E-state index contributed by atoms with van der Waals surface area (Å²) in [6.45, 7) is 4.62. The molecule has 1 aliphatic heterocycles. The van der Waals surface area contributed by atoms with Crippen molar-refractivity contribution < 1.29 is 4.79 Å². The molecule has 1 heterocycles. The van der Waals surface area contributed by atoms with E-state index in [4.69, 9.17) is 0 Å². The predicted octanol–water partition coefficient (Wildman–Crippen LogP) is 2.12. The number of hydrogen-bond donors (Lipinski definition) is 1. The van der Waals surface area contributed by atoms with E-state index in [1.807, 2.05) is 0 Å². The number of nitrogens with zero attached hydrogens (tertiary/aromatic N) is 1. The van der Waals surface area contributed by atoms with Gasteiger partial charge in [0.05, 0.1) is 0 Å². The van der Waals surface area contributed by atoms with E-state index in [0.29, 0.717) is 6.42 Å². The van der Waals surface area contributed by atoms with E-state index in [1.54, 1.807) is 11.8 Å². The van der Waals surface area contributed by atoms with E-state index in [2.05, 4.69) is 16.5 Å². The molecule has 0 bridgehead atoms. The van der Waals surface area contributed by atoms with Crippen LogP contribution in [0.5, 0.6) is 0 Å². The van der Waals surface area contributed by atoms with Crippen LogP contribution in [-0.4, -0.2) is 49.0 Å². The van der Waals surface area contributed by atoms with E-state index in [9.17, 15) is 4.79 Å². The summed E-state index contributed by atoms with van der Waals surface area (Å²) in [4.78, 5) is 13.9. The summed E-state index contributed by atoms with van der Waals surface area (Å²) in [5.74, 6) is 1.31. The molecule has 0 aromatic rings. The first-order valence-electron chi connectivity index (χ1n) is 6.81. The maximum atomic E-state index is 11.4. The van der Waals surface area contributed by atoms with Crippen molar-refractivity contribution >= 4 is 17.7 Å². The lowest BCUT2D eigenvalue weighted by atomic mass is 10.2. The van der Waals surface area contributed by atoms with Gasteiger partial charge in [-0.05, 0) is 63.7 Å². The largest absolute Gasteiger partial charge is 0.356 e. The second-order valence-corrected chi connectivity index (χ2v) is 5.69. The number of amides is 1. The van der Waals surface area contributed by atoms with Gasteiger partial charge in [-0.1, -0.05) is 0 Å². The SMILES string of the molecule is CSCCCC(=O)NCCCCN1CCCC1. The second kappa shape index (κ2) is 9.77. The van der Waals surface area contributed by atoms with E-state index in [1.165, 1.54) is 38.9 Å². The molecule has 100 valence electrons. The molecule has 3 nitrogen and oxygen atoms in total. The molecule has 1 aliphatic rings. The lowest BCUT2D eigenvalue weighted by molar-refractivity contribution is -0.121. The molecule has 1 fully saturated rings. The third-order valence-electron chi connectivity index (χ3n) is 3.17. The Bertz CT molecular complexity index is 206. The number of carbonyl (C=O) groups excluding carboxylic acids is 1. The minimum Gasteiger partial charge on any atom is -0.356 e. The molecule has 0 aromatic carbocycles. The van der Waals surface area contributed by atoms with Gasteiger partial charge in [-0.25, -0.2) is 0 Å². The zero-order valence-corrected chi connectivity index (χ0v) is 11.9. The summed E-state index contributed by atoms with van der Waals surface area (Å²) in [7, 11) is 0. The summed E-state index contributed by atoms with van der Waals surface area (Å²) >= 11 is 1.80. The molecule has 1 rings (SSSR count). The monoisotopic (exact) mass is 258 g/mol. The molecule has 0 radical (unpaired) electrons. The molecule has 4 heteroatoms. The summed E-state index contributed by atoms with van der Waals surface area (Å²) in [5, 5.41) is 3.00. The van der Waals surface area contributed by atoms with Crippen molar-refractivity contribution in [2.45, 2.75) is 38.5 Å². The predicted molar refractivity (Wildman–Crippen MR) is 75.5 cm³/mol. The van der Waals surface area contributed by atoms with Crippen molar-refractivity contribution in [3.63, 3.8) is 0 Å². The van der Waals surface area contributed by atoms with E-state index >= 15 is 0 Å². The fraction of sp³-hybridized carbons (Fsp3) is 0.923. The summed E-state index contributed by atoms with van der Waals surface area (Å²) in [6.07, 6.45) is 8.83. The van der Waals surface area contributed by atoms with Gasteiger partial charge in [-0.2, -0.15) is 11.8 Å². The Morgan fingerprint density at radius 2 is 2.00 bits per heavy atom. The molecule has 1 N–H and O–H groups in total. The van der Waals surface area contributed by atoms with Crippen molar-refractivity contribution in [1.29, 1.82) is 0 Å². The molecular formula is C13H26N2OS. The Kier molecular flexibility index (Phi) is 8.53. The van der Waals surface area contributed by atoms with Crippen LogP contribution in [-0.2, 0) is 4.79 Å². The molecular weight excluding hydrogens is 232 g/mol. The first-order chi connectivity index (χ1) is 8.33. The number of thioether (sulfide) groups is 1. The van der Waals surface area contributed by atoms with Crippen molar-refractivity contribution in [2.24, 2.45) is 0 Å². The van der Waals surface area contributed by atoms with Crippen LogP contribution in [0.4, 0.5) is 0 Å². The Hall–Kier alpha value is -0.220. The van der Waals surface area contributed by atoms with Crippen LogP contribution in [0.2, 0.25) is 0 Å². The third kappa shape index (κ3) is 7.66. The molecule has 0 aliphatic carbocycles. The zero-order valence-electron chi connectivity index (χ0n) is 11.0. The Morgan fingerprint density at radius 3 is 2.71 bits per heavy atom. The van der Waals surface area contributed by atoms with E-state index in [-0.39, 0.29) is 5.91 Å². The average molecular weight is 258 g/mol. The second-order valence-electron chi connectivity index (χ2n) is 4.70. The standard InChI is InChI=1S/C13H26N2OS/c1-17-12-6-7-13(16)14-8-2-3-9-15-10-4-5-11-15/h2-12H2,1H3,(H,14,16). The van der Waals surface area contributed by atoms with Crippen LogP contribution >= 0.6 is 11.8 Å².